The largest absolute Gasteiger partial charge is 0.496 e. The van der Waals surface area contributed by atoms with E-state index in [4.69, 9.17) is 9.15 Å². The van der Waals surface area contributed by atoms with E-state index in [2.05, 4.69) is 27.0 Å². The molecule has 1 saturated heterocycles. The number of benzene rings is 1. The second-order valence-electron chi connectivity index (χ2n) is 8.32. The van der Waals surface area contributed by atoms with Gasteiger partial charge in [-0.15, -0.1) is 0 Å². The summed E-state index contributed by atoms with van der Waals surface area (Å²) in [4.78, 5) is 21.4. The fraction of sp³-hybridized carbons (Fsp3) is 0.583. The van der Waals surface area contributed by atoms with Crippen LogP contribution in [0.1, 0.15) is 48.1 Å². The molecular formula is C24H36N4O4. The van der Waals surface area contributed by atoms with E-state index in [0.717, 1.165) is 63.3 Å². The highest BCUT2D eigenvalue weighted by Gasteiger charge is 2.21. The van der Waals surface area contributed by atoms with Crippen LogP contribution in [0.5, 0.6) is 5.75 Å². The number of aromatic nitrogens is 1. The van der Waals surface area contributed by atoms with Crippen molar-refractivity contribution >= 4 is 5.91 Å². The first kappa shape index (κ1) is 24.2. The lowest BCUT2D eigenvalue weighted by Gasteiger charge is -2.35. The third-order valence-corrected chi connectivity index (χ3v) is 5.84. The first-order chi connectivity index (χ1) is 15.6. The van der Waals surface area contributed by atoms with Gasteiger partial charge in [0.05, 0.1) is 19.8 Å². The minimum Gasteiger partial charge on any atom is -0.496 e. The third kappa shape index (κ3) is 7.32. The molecule has 0 saturated carbocycles. The number of β-amino-alcohol motifs (C(OH)–C–C–N with tert-alkyl or cyclic N) is 1. The highest BCUT2D eigenvalue weighted by Crippen LogP contribution is 2.17. The van der Waals surface area contributed by atoms with E-state index in [-0.39, 0.29) is 12.0 Å². The Labute approximate surface area is 190 Å². The van der Waals surface area contributed by atoms with Gasteiger partial charge in [-0.05, 0) is 24.5 Å². The second kappa shape index (κ2) is 12.6. The molecule has 0 spiro atoms. The van der Waals surface area contributed by atoms with Crippen molar-refractivity contribution in [1.29, 1.82) is 0 Å². The molecular weight excluding hydrogens is 408 g/mol. The smallest absolute Gasteiger partial charge is 0.273 e. The summed E-state index contributed by atoms with van der Waals surface area (Å²) in [7, 11) is 1.64. The molecule has 3 rings (SSSR count). The summed E-state index contributed by atoms with van der Waals surface area (Å²) in [6.07, 6.45) is 4.92. The number of aliphatic hydroxyl groups is 1. The Bertz CT molecular complexity index is 833. The van der Waals surface area contributed by atoms with E-state index in [1.165, 1.54) is 6.26 Å². The number of hydrogen-bond donors (Lipinski definition) is 2. The van der Waals surface area contributed by atoms with Crippen molar-refractivity contribution in [3.05, 3.63) is 47.7 Å². The van der Waals surface area contributed by atoms with E-state index in [0.29, 0.717) is 31.1 Å². The van der Waals surface area contributed by atoms with E-state index in [1.54, 1.807) is 7.11 Å². The van der Waals surface area contributed by atoms with Crippen molar-refractivity contribution in [2.45, 2.75) is 45.3 Å². The Hall–Kier alpha value is -2.42. The van der Waals surface area contributed by atoms with Crippen molar-refractivity contribution in [3.63, 3.8) is 0 Å². The van der Waals surface area contributed by atoms with Gasteiger partial charge in [-0.3, -0.25) is 14.6 Å². The number of rotatable bonds is 12. The fourth-order valence-corrected chi connectivity index (χ4v) is 3.95. The van der Waals surface area contributed by atoms with Crippen LogP contribution >= 0.6 is 0 Å². The average Bonchev–Trinajstić information content (AvgIpc) is 3.28. The maximum absolute atomic E-state index is 12.4. The topological polar surface area (TPSA) is 91.1 Å². The molecule has 0 bridgehead atoms. The monoisotopic (exact) mass is 444 g/mol. The Morgan fingerprint density at radius 2 is 2.00 bits per heavy atom. The average molecular weight is 445 g/mol. The zero-order chi connectivity index (χ0) is 22.8. The van der Waals surface area contributed by atoms with Crippen LogP contribution in [0.3, 0.4) is 0 Å². The Balaban J connectivity index is 1.38. The molecule has 2 heterocycles. The number of carbonyl (C=O) groups excluding carboxylic acids is 1. The van der Waals surface area contributed by atoms with Gasteiger partial charge < -0.3 is 19.6 Å². The van der Waals surface area contributed by atoms with E-state index < -0.39 is 0 Å². The van der Waals surface area contributed by atoms with Crippen LogP contribution < -0.4 is 10.1 Å². The summed E-state index contributed by atoms with van der Waals surface area (Å²) in [5, 5.41) is 13.0. The van der Waals surface area contributed by atoms with E-state index in [1.807, 2.05) is 24.3 Å². The molecule has 1 aliphatic heterocycles. The number of nitrogens with zero attached hydrogens (tertiary/aromatic N) is 3. The van der Waals surface area contributed by atoms with Gasteiger partial charge in [0.15, 0.2) is 5.69 Å². The number of oxazole rings is 1. The summed E-state index contributed by atoms with van der Waals surface area (Å²) in [6, 6.07) is 7.78. The predicted molar refractivity (Wildman–Crippen MR) is 123 cm³/mol. The summed E-state index contributed by atoms with van der Waals surface area (Å²) in [5.41, 5.74) is 1.35. The minimum atomic E-state index is -0.239. The third-order valence-electron chi connectivity index (χ3n) is 5.84. The number of para-hydroxylation sites is 1. The van der Waals surface area contributed by atoms with Gasteiger partial charge in [0.1, 0.15) is 12.0 Å². The van der Waals surface area contributed by atoms with Gasteiger partial charge in [-0.25, -0.2) is 4.98 Å². The molecule has 1 atom stereocenters. The second-order valence-corrected chi connectivity index (χ2v) is 8.32. The lowest BCUT2D eigenvalue weighted by Crippen LogP contribution is -2.48. The van der Waals surface area contributed by atoms with Crippen molar-refractivity contribution in [3.8, 4) is 5.75 Å². The molecule has 1 aliphatic rings. The minimum absolute atomic E-state index is 0.235. The van der Waals surface area contributed by atoms with Gasteiger partial charge in [0, 0.05) is 39.3 Å². The molecule has 1 fully saturated rings. The number of amides is 1. The number of methoxy groups -OCH3 is 1. The quantitative estimate of drug-likeness (QED) is 0.519. The molecule has 0 aliphatic carbocycles. The van der Waals surface area contributed by atoms with Crippen LogP contribution in [0.2, 0.25) is 0 Å². The number of piperazine rings is 1. The van der Waals surface area contributed by atoms with Crippen molar-refractivity contribution in [2.75, 3.05) is 46.4 Å². The first-order valence-electron chi connectivity index (χ1n) is 11.6. The number of carbonyl (C=O) groups is 1. The molecule has 2 aromatic rings. The highest BCUT2D eigenvalue weighted by atomic mass is 16.5. The summed E-state index contributed by atoms with van der Waals surface area (Å²) < 4.78 is 10.9. The standard InChI is InChI=1S/C24H36N4O4/c1-3-4-8-20(29)16-27-12-14-28(15-13-27)17-23-26-21(18-32-23)24(30)25-11-10-19-7-5-6-9-22(19)31-2/h5-7,9,18,20,29H,3-4,8,10-17H2,1-2H3,(H,25,30). The lowest BCUT2D eigenvalue weighted by atomic mass is 10.1. The summed E-state index contributed by atoms with van der Waals surface area (Å²) in [5.74, 6) is 1.14. The van der Waals surface area contributed by atoms with Crippen LogP contribution in [0.15, 0.2) is 34.9 Å². The van der Waals surface area contributed by atoms with Crippen LogP contribution in [0, 0.1) is 0 Å². The lowest BCUT2D eigenvalue weighted by molar-refractivity contribution is 0.0627. The number of unbranched alkanes of at least 4 members (excludes halogenated alkanes) is 1. The van der Waals surface area contributed by atoms with E-state index >= 15 is 0 Å². The van der Waals surface area contributed by atoms with Crippen molar-refractivity contribution in [2.24, 2.45) is 0 Å². The number of ether oxygens (including phenoxy) is 1. The molecule has 1 aromatic carbocycles. The number of hydrogen-bond acceptors (Lipinski definition) is 7. The Morgan fingerprint density at radius 1 is 1.25 bits per heavy atom. The fourth-order valence-electron chi connectivity index (χ4n) is 3.95. The molecule has 8 nitrogen and oxygen atoms in total. The molecule has 32 heavy (non-hydrogen) atoms. The van der Waals surface area contributed by atoms with Gasteiger partial charge in [0.25, 0.3) is 5.91 Å². The van der Waals surface area contributed by atoms with Gasteiger partial charge in [-0.1, -0.05) is 38.0 Å². The molecule has 1 unspecified atom stereocenters. The molecule has 176 valence electrons. The van der Waals surface area contributed by atoms with Gasteiger partial charge in [-0.2, -0.15) is 0 Å². The Morgan fingerprint density at radius 3 is 2.75 bits per heavy atom. The zero-order valence-corrected chi connectivity index (χ0v) is 19.3. The predicted octanol–water partition coefficient (Wildman–Crippen LogP) is 2.32. The zero-order valence-electron chi connectivity index (χ0n) is 19.3. The van der Waals surface area contributed by atoms with Crippen LogP contribution in [0.4, 0.5) is 0 Å². The van der Waals surface area contributed by atoms with Crippen molar-refractivity contribution < 1.29 is 19.1 Å². The highest BCUT2D eigenvalue weighted by molar-refractivity contribution is 5.91. The van der Waals surface area contributed by atoms with Crippen LogP contribution in [-0.4, -0.2) is 78.3 Å². The first-order valence-corrected chi connectivity index (χ1v) is 11.6. The molecule has 8 heteroatoms. The molecule has 2 N–H and O–H groups in total. The van der Waals surface area contributed by atoms with Crippen LogP contribution in [0.25, 0.3) is 0 Å². The SMILES string of the molecule is CCCCC(O)CN1CCN(Cc2nc(C(=O)NCCc3ccccc3OC)co2)CC1. The van der Waals surface area contributed by atoms with Crippen molar-refractivity contribution in [1.82, 2.24) is 20.1 Å². The van der Waals surface area contributed by atoms with Gasteiger partial charge in [0.2, 0.25) is 5.89 Å². The molecule has 1 amide bonds. The number of aliphatic hydroxyl groups excluding tert-OH is 1. The number of nitrogens with one attached hydrogen (secondary N) is 1. The normalized spacial score (nSPS) is 16.1. The summed E-state index contributed by atoms with van der Waals surface area (Å²) >= 11 is 0. The summed E-state index contributed by atoms with van der Waals surface area (Å²) in [6.45, 7) is 7.58. The Kier molecular flexibility index (Phi) is 9.52. The van der Waals surface area contributed by atoms with E-state index in [9.17, 15) is 9.90 Å². The molecule has 1 aromatic heterocycles. The molecule has 0 radical (unpaired) electrons. The van der Waals surface area contributed by atoms with Crippen LogP contribution in [-0.2, 0) is 13.0 Å². The maximum atomic E-state index is 12.4. The van der Waals surface area contributed by atoms with Gasteiger partial charge >= 0.3 is 0 Å². The maximum Gasteiger partial charge on any atom is 0.273 e.